The van der Waals surface area contributed by atoms with Gasteiger partial charge in [-0.3, -0.25) is 4.79 Å². The van der Waals surface area contributed by atoms with Gasteiger partial charge in [-0.25, -0.2) is 27.6 Å². The summed E-state index contributed by atoms with van der Waals surface area (Å²) in [4.78, 5) is 30.6. The van der Waals surface area contributed by atoms with Gasteiger partial charge < -0.3 is 24.3 Å². The van der Waals surface area contributed by atoms with Crippen molar-refractivity contribution < 1.29 is 41.7 Å². The minimum absolute atomic E-state index is 0.0793. The SMILES string of the molecule is CNCCC(=O)OCc1ccc(C#N)cc1C(=O)OC(Cn1cncn1)(c1ccc(F)cc1F)C(C)SC1COC(C=CC=Cc2ccc(C#N)cc2F)OC1. The van der Waals surface area contributed by atoms with Gasteiger partial charge in [-0.1, -0.05) is 30.4 Å². The highest BCUT2D eigenvalue weighted by Crippen LogP contribution is 2.42. The Kier molecular flexibility index (Phi) is 14.6. The average Bonchev–Trinajstić information content (AvgIpc) is 3.71. The number of hydrogen-bond acceptors (Lipinski definition) is 12. The summed E-state index contributed by atoms with van der Waals surface area (Å²) in [6.45, 7) is 1.87. The molecule has 1 aliphatic rings. The summed E-state index contributed by atoms with van der Waals surface area (Å²) >= 11 is 1.28. The number of rotatable bonds is 16. The normalized spacial score (nSPS) is 17.2. The topological polar surface area (TPSA) is 161 Å². The van der Waals surface area contributed by atoms with Gasteiger partial charge in [-0.2, -0.15) is 15.6 Å². The lowest BCUT2D eigenvalue weighted by atomic mass is 9.89. The van der Waals surface area contributed by atoms with E-state index in [4.69, 9.17) is 24.2 Å². The van der Waals surface area contributed by atoms with Gasteiger partial charge in [0.25, 0.3) is 0 Å². The van der Waals surface area contributed by atoms with Crippen molar-refractivity contribution in [3.63, 3.8) is 0 Å². The van der Waals surface area contributed by atoms with Gasteiger partial charge in [0.2, 0.25) is 0 Å². The Morgan fingerprint density at radius 3 is 2.48 bits per heavy atom. The second kappa shape index (κ2) is 19.7. The molecule has 4 aromatic rings. The Hall–Kier alpha value is -5.78. The standard InChI is InChI=1S/C40H37F3N6O6S/c1-26(56-32-21-53-38(54-22-32)6-4-3-5-29-9-7-28(19-45)16-35(29)42)40(23-49-25-47-24-48-49,34-12-11-31(41)17-36(34)43)55-39(51)33-15-27(18-44)8-10-30(33)20-52-37(50)13-14-46-2/h3-12,15-17,24-26,32,38,46H,13-14,20-23H2,1-2H3. The van der Waals surface area contributed by atoms with Crippen LogP contribution in [-0.4, -0.2) is 70.3 Å². The van der Waals surface area contributed by atoms with E-state index in [1.54, 1.807) is 32.2 Å². The Labute approximate surface area is 325 Å². The number of ether oxygens (including phenoxy) is 4. The maximum absolute atomic E-state index is 16.0. The molecule has 0 radical (unpaired) electrons. The molecule has 1 aromatic heterocycles. The van der Waals surface area contributed by atoms with Crippen LogP contribution >= 0.6 is 11.8 Å². The molecule has 1 aliphatic heterocycles. The first-order valence-electron chi connectivity index (χ1n) is 17.3. The van der Waals surface area contributed by atoms with E-state index >= 15 is 4.39 Å². The first-order chi connectivity index (χ1) is 27.0. The summed E-state index contributed by atoms with van der Waals surface area (Å²) < 4.78 is 69.4. The van der Waals surface area contributed by atoms with Crippen molar-refractivity contribution in [1.82, 2.24) is 20.1 Å². The van der Waals surface area contributed by atoms with Crippen LogP contribution in [0.3, 0.4) is 0 Å². The Balaban J connectivity index is 1.39. The van der Waals surface area contributed by atoms with E-state index in [1.165, 1.54) is 71.6 Å². The lowest BCUT2D eigenvalue weighted by Gasteiger charge is -2.40. The van der Waals surface area contributed by atoms with E-state index in [1.807, 2.05) is 12.1 Å². The molecule has 5 rings (SSSR count). The Morgan fingerprint density at radius 2 is 1.80 bits per heavy atom. The summed E-state index contributed by atoms with van der Waals surface area (Å²) in [5.41, 5.74) is -1.24. The van der Waals surface area contributed by atoms with E-state index < -0.39 is 46.5 Å². The highest BCUT2D eigenvalue weighted by Gasteiger charge is 2.47. The third-order valence-corrected chi connectivity index (χ3v) is 10.1. The van der Waals surface area contributed by atoms with Crippen molar-refractivity contribution in [3.8, 4) is 12.1 Å². The first-order valence-corrected chi connectivity index (χ1v) is 18.3. The second-order valence-electron chi connectivity index (χ2n) is 12.5. The largest absolute Gasteiger partial charge is 0.461 e. The molecule has 1 saturated heterocycles. The summed E-state index contributed by atoms with van der Waals surface area (Å²) in [6.07, 6.45) is 8.39. The predicted molar refractivity (Wildman–Crippen MR) is 199 cm³/mol. The molecular weight excluding hydrogens is 750 g/mol. The van der Waals surface area contributed by atoms with Crippen LogP contribution in [0, 0.1) is 40.1 Å². The van der Waals surface area contributed by atoms with Gasteiger partial charge in [0.1, 0.15) is 36.7 Å². The molecule has 2 heterocycles. The predicted octanol–water partition coefficient (Wildman–Crippen LogP) is 5.98. The van der Waals surface area contributed by atoms with Crippen LogP contribution in [0.1, 0.15) is 51.5 Å². The summed E-state index contributed by atoms with van der Waals surface area (Å²) in [5, 5.41) is 24.5. The second-order valence-corrected chi connectivity index (χ2v) is 14.2. The zero-order chi connectivity index (χ0) is 40.1. The lowest BCUT2D eigenvalue weighted by Crippen LogP contribution is -2.47. The van der Waals surface area contributed by atoms with Crippen LogP contribution in [0.2, 0.25) is 0 Å². The number of esters is 2. The molecule has 56 heavy (non-hydrogen) atoms. The molecule has 3 aromatic carbocycles. The minimum atomic E-state index is -1.88. The monoisotopic (exact) mass is 786 g/mol. The fourth-order valence-electron chi connectivity index (χ4n) is 5.77. The minimum Gasteiger partial charge on any atom is -0.461 e. The van der Waals surface area contributed by atoms with Crippen LogP contribution < -0.4 is 5.32 Å². The molecule has 1 N–H and O–H groups in total. The molecule has 2 atom stereocenters. The van der Waals surface area contributed by atoms with Crippen LogP contribution in [-0.2, 0) is 42.5 Å². The van der Waals surface area contributed by atoms with Crippen LogP contribution in [0.15, 0.2) is 85.5 Å². The molecule has 16 heteroatoms. The maximum atomic E-state index is 16.0. The number of hydrogen-bond donors (Lipinski definition) is 1. The van der Waals surface area contributed by atoms with Crippen LogP contribution in [0.25, 0.3) is 6.08 Å². The van der Waals surface area contributed by atoms with Crippen LogP contribution in [0.4, 0.5) is 13.2 Å². The Bertz CT molecular complexity index is 2150. The molecule has 0 saturated carbocycles. The molecule has 0 aliphatic carbocycles. The third-order valence-electron chi connectivity index (χ3n) is 8.68. The quantitative estimate of drug-likeness (QED) is 0.105. The number of carbonyl (C=O) groups excluding carboxylic acids is 2. The lowest BCUT2D eigenvalue weighted by molar-refractivity contribution is -0.146. The van der Waals surface area contributed by atoms with Crippen molar-refractivity contribution in [1.29, 1.82) is 10.5 Å². The van der Waals surface area contributed by atoms with E-state index in [2.05, 4.69) is 15.4 Å². The molecular formula is C40H37F3N6O6S. The van der Waals surface area contributed by atoms with Crippen molar-refractivity contribution in [3.05, 3.63) is 136 Å². The highest BCUT2D eigenvalue weighted by atomic mass is 32.2. The number of thioether (sulfide) groups is 1. The number of nitrogens with one attached hydrogen (secondary N) is 1. The number of carbonyl (C=O) groups is 2. The van der Waals surface area contributed by atoms with Crippen molar-refractivity contribution in [2.45, 2.75) is 48.9 Å². The average molecular weight is 787 g/mol. The van der Waals surface area contributed by atoms with Crippen molar-refractivity contribution >= 4 is 29.8 Å². The fraction of sp³-hybridized carbons (Fsp3) is 0.300. The fourth-order valence-corrected chi connectivity index (χ4v) is 7.13. The summed E-state index contributed by atoms with van der Waals surface area (Å²) in [6, 6.07) is 15.2. The molecule has 290 valence electrons. The van der Waals surface area contributed by atoms with E-state index in [0.717, 1.165) is 12.1 Å². The van der Waals surface area contributed by atoms with Crippen LogP contribution in [0.5, 0.6) is 0 Å². The molecule has 0 bridgehead atoms. The number of allylic oxidation sites excluding steroid dienone is 2. The number of halogens is 3. The third kappa shape index (κ3) is 10.7. The van der Waals surface area contributed by atoms with Crippen molar-refractivity contribution in [2.75, 3.05) is 26.8 Å². The number of aromatic nitrogens is 3. The number of benzene rings is 3. The van der Waals surface area contributed by atoms with Gasteiger partial charge in [0.05, 0.1) is 60.3 Å². The summed E-state index contributed by atoms with van der Waals surface area (Å²) in [7, 11) is 1.69. The molecule has 12 nitrogen and oxygen atoms in total. The molecule has 0 spiro atoms. The maximum Gasteiger partial charge on any atom is 0.339 e. The zero-order valence-electron chi connectivity index (χ0n) is 30.4. The van der Waals surface area contributed by atoms with E-state index in [0.29, 0.717) is 18.2 Å². The molecule has 0 amide bonds. The van der Waals surface area contributed by atoms with E-state index in [-0.39, 0.29) is 65.9 Å². The molecule has 1 fully saturated rings. The number of nitriles is 2. The van der Waals surface area contributed by atoms with Crippen molar-refractivity contribution in [2.24, 2.45) is 0 Å². The van der Waals surface area contributed by atoms with Gasteiger partial charge >= 0.3 is 11.9 Å². The van der Waals surface area contributed by atoms with Gasteiger partial charge in [0.15, 0.2) is 11.9 Å². The van der Waals surface area contributed by atoms with Gasteiger partial charge in [0, 0.05) is 34.6 Å². The highest BCUT2D eigenvalue weighted by molar-refractivity contribution is 8.00. The first kappa shape index (κ1) is 41.4. The zero-order valence-corrected chi connectivity index (χ0v) is 31.2. The van der Waals surface area contributed by atoms with Gasteiger partial charge in [-0.05, 0) is 56.4 Å². The van der Waals surface area contributed by atoms with Gasteiger partial charge in [-0.15, -0.1) is 11.8 Å². The van der Waals surface area contributed by atoms with E-state index in [9.17, 15) is 23.6 Å². The molecule has 2 unspecified atom stereocenters. The Morgan fingerprint density at radius 1 is 1.05 bits per heavy atom. The smallest absolute Gasteiger partial charge is 0.339 e. The number of nitrogens with zero attached hydrogens (tertiary/aromatic N) is 5. The summed E-state index contributed by atoms with van der Waals surface area (Å²) in [5.74, 6) is -3.84.